The topological polar surface area (TPSA) is 124 Å². The first-order chi connectivity index (χ1) is 12.4. The van der Waals surface area contributed by atoms with Gasteiger partial charge in [0.15, 0.2) is 0 Å². The molecule has 138 valence electrons. The second kappa shape index (κ2) is 8.24. The fourth-order valence-electron chi connectivity index (χ4n) is 2.52. The van der Waals surface area contributed by atoms with Crippen molar-refractivity contribution in [2.75, 3.05) is 18.8 Å². The fraction of sp³-hybridized carbons (Fsp3) is 0.353. The Labute approximate surface area is 151 Å². The molecule has 2 N–H and O–H groups in total. The largest absolute Gasteiger partial charge is 0.487 e. The van der Waals surface area contributed by atoms with Crippen LogP contribution in [0.1, 0.15) is 35.6 Å². The zero-order valence-electron chi connectivity index (χ0n) is 14.9. The quantitative estimate of drug-likeness (QED) is 0.594. The van der Waals surface area contributed by atoms with Crippen molar-refractivity contribution in [2.24, 2.45) is 0 Å². The molecule has 0 aliphatic carbocycles. The van der Waals surface area contributed by atoms with E-state index in [1.807, 2.05) is 13.8 Å². The van der Waals surface area contributed by atoms with Crippen LogP contribution in [0.5, 0.6) is 5.75 Å². The molecule has 0 fully saturated rings. The number of aryl methyl sites for hydroxylation is 1. The molecule has 1 aromatic carbocycles. The number of amides is 1. The predicted octanol–water partition coefficient (Wildman–Crippen LogP) is 2.34. The minimum atomic E-state index is -0.487. The molecule has 0 aliphatic heterocycles. The summed E-state index contributed by atoms with van der Waals surface area (Å²) in [4.78, 5) is 32.9. The average molecular weight is 359 g/mol. The van der Waals surface area contributed by atoms with Crippen molar-refractivity contribution in [3.05, 3.63) is 51.3 Å². The van der Waals surface area contributed by atoms with Crippen LogP contribution in [0.2, 0.25) is 0 Å². The summed E-state index contributed by atoms with van der Waals surface area (Å²) in [5.41, 5.74) is 6.91. The summed E-state index contributed by atoms with van der Waals surface area (Å²) in [6.45, 7) is 6.59. The highest BCUT2D eigenvalue weighted by Gasteiger charge is 2.22. The lowest BCUT2D eigenvalue weighted by Gasteiger charge is -2.21. The number of hydrogen-bond donors (Lipinski definition) is 1. The van der Waals surface area contributed by atoms with E-state index in [0.717, 1.165) is 0 Å². The van der Waals surface area contributed by atoms with E-state index in [9.17, 15) is 14.9 Å². The van der Waals surface area contributed by atoms with Gasteiger partial charge in [0.05, 0.1) is 21.9 Å². The number of non-ortho nitro benzene ring substituents is 1. The van der Waals surface area contributed by atoms with Gasteiger partial charge in [-0.15, -0.1) is 0 Å². The maximum Gasteiger partial charge on any atom is 0.269 e. The van der Waals surface area contributed by atoms with Crippen molar-refractivity contribution in [3.8, 4) is 5.75 Å². The van der Waals surface area contributed by atoms with E-state index < -0.39 is 4.92 Å². The summed E-state index contributed by atoms with van der Waals surface area (Å²) in [5.74, 6) is 0.294. The van der Waals surface area contributed by atoms with Gasteiger partial charge >= 0.3 is 0 Å². The van der Waals surface area contributed by atoms with Gasteiger partial charge in [0.25, 0.3) is 11.6 Å². The van der Waals surface area contributed by atoms with E-state index in [2.05, 4.69) is 9.97 Å². The van der Waals surface area contributed by atoms with Gasteiger partial charge in [-0.05, 0) is 32.9 Å². The van der Waals surface area contributed by atoms with E-state index in [0.29, 0.717) is 35.8 Å². The SMILES string of the molecule is CCN(CC)C(=O)c1c(C)nc(N)nc1COc1ccc([N+](=O)[O-])cc1. The molecule has 0 radical (unpaired) electrons. The second-order valence-corrected chi connectivity index (χ2v) is 5.51. The number of nitro benzene ring substituents is 1. The van der Waals surface area contributed by atoms with Crippen molar-refractivity contribution in [1.29, 1.82) is 0 Å². The number of aromatic nitrogens is 2. The number of hydrogen-bond acceptors (Lipinski definition) is 7. The molecule has 0 atom stereocenters. The third kappa shape index (κ3) is 4.24. The number of rotatable bonds is 7. The van der Waals surface area contributed by atoms with Crippen molar-refractivity contribution < 1.29 is 14.5 Å². The number of nitrogens with two attached hydrogens (primary N) is 1. The Hall–Kier alpha value is -3.23. The van der Waals surface area contributed by atoms with E-state index in [-0.39, 0.29) is 24.1 Å². The van der Waals surface area contributed by atoms with Gasteiger partial charge in [-0.2, -0.15) is 0 Å². The van der Waals surface area contributed by atoms with Crippen LogP contribution in [0.15, 0.2) is 24.3 Å². The molecule has 0 aliphatic rings. The molecule has 2 rings (SSSR count). The van der Waals surface area contributed by atoms with Gasteiger partial charge in [-0.1, -0.05) is 0 Å². The molecule has 9 nitrogen and oxygen atoms in total. The normalized spacial score (nSPS) is 10.4. The predicted molar refractivity (Wildman–Crippen MR) is 95.9 cm³/mol. The van der Waals surface area contributed by atoms with Gasteiger partial charge in [-0.3, -0.25) is 14.9 Å². The Morgan fingerprint density at radius 3 is 2.38 bits per heavy atom. The van der Waals surface area contributed by atoms with Crippen LogP contribution >= 0.6 is 0 Å². The maximum absolute atomic E-state index is 12.8. The number of ether oxygens (including phenoxy) is 1. The Bertz CT molecular complexity index is 804. The molecule has 9 heteroatoms. The number of nitrogen functional groups attached to an aromatic ring is 1. The molecule has 0 saturated heterocycles. The van der Waals surface area contributed by atoms with E-state index in [4.69, 9.17) is 10.5 Å². The number of nitro groups is 1. The lowest BCUT2D eigenvalue weighted by atomic mass is 10.1. The molecule has 1 amide bonds. The average Bonchev–Trinajstić information content (AvgIpc) is 2.60. The molecule has 0 bridgehead atoms. The Kier molecular flexibility index (Phi) is 6.05. The molecular weight excluding hydrogens is 338 g/mol. The molecule has 1 aromatic heterocycles. The first-order valence-electron chi connectivity index (χ1n) is 8.16. The fourth-order valence-corrected chi connectivity index (χ4v) is 2.52. The van der Waals surface area contributed by atoms with Gasteiger partial charge in [-0.25, -0.2) is 9.97 Å². The van der Waals surface area contributed by atoms with Crippen LogP contribution in [-0.4, -0.2) is 38.8 Å². The van der Waals surface area contributed by atoms with Crippen LogP contribution < -0.4 is 10.5 Å². The minimum Gasteiger partial charge on any atom is -0.487 e. The molecular formula is C17H21N5O4. The van der Waals surface area contributed by atoms with Crippen LogP contribution in [0.4, 0.5) is 11.6 Å². The lowest BCUT2D eigenvalue weighted by molar-refractivity contribution is -0.384. The monoisotopic (exact) mass is 359 g/mol. The van der Waals surface area contributed by atoms with E-state index in [1.54, 1.807) is 11.8 Å². The highest BCUT2D eigenvalue weighted by atomic mass is 16.6. The molecule has 0 spiro atoms. The number of anilines is 1. The van der Waals surface area contributed by atoms with Crippen molar-refractivity contribution in [3.63, 3.8) is 0 Å². The molecule has 0 unspecified atom stereocenters. The molecule has 26 heavy (non-hydrogen) atoms. The van der Waals surface area contributed by atoms with Crippen LogP contribution in [-0.2, 0) is 6.61 Å². The lowest BCUT2D eigenvalue weighted by Crippen LogP contribution is -2.32. The van der Waals surface area contributed by atoms with Gasteiger partial charge in [0, 0.05) is 25.2 Å². The minimum absolute atomic E-state index is 0.00624. The molecule has 0 saturated carbocycles. The van der Waals surface area contributed by atoms with Crippen molar-refractivity contribution in [1.82, 2.24) is 14.9 Å². The third-order valence-electron chi connectivity index (χ3n) is 3.87. The van der Waals surface area contributed by atoms with Gasteiger partial charge < -0.3 is 15.4 Å². The van der Waals surface area contributed by atoms with E-state index in [1.165, 1.54) is 24.3 Å². The third-order valence-corrected chi connectivity index (χ3v) is 3.87. The summed E-state index contributed by atoms with van der Waals surface area (Å²) in [7, 11) is 0. The van der Waals surface area contributed by atoms with Gasteiger partial charge in [0.1, 0.15) is 12.4 Å². The number of carbonyl (C=O) groups is 1. The first-order valence-corrected chi connectivity index (χ1v) is 8.16. The summed E-state index contributed by atoms with van der Waals surface area (Å²) in [6, 6.07) is 5.66. The standard InChI is InChI=1S/C17H21N5O4/c1-4-21(5-2)16(23)15-11(3)19-17(18)20-14(15)10-26-13-8-6-12(7-9-13)22(24)25/h6-9H,4-5,10H2,1-3H3,(H2,18,19,20). The van der Waals surface area contributed by atoms with Crippen LogP contribution in [0.3, 0.4) is 0 Å². The van der Waals surface area contributed by atoms with Crippen LogP contribution in [0.25, 0.3) is 0 Å². The number of nitrogens with zero attached hydrogens (tertiary/aromatic N) is 4. The number of carbonyl (C=O) groups excluding carboxylic acids is 1. The Balaban J connectivity index is 2.27. The van der Waals surface area contributed by atoms with Crippen molar-refractivity contribution >= 4 is 17.5 Å². The zero-order valence-corrected chi connectivity index (χ0v) is 14.9. The smallest absolute Gasteiger partial charge is 0.269 e. The molecule has 2 aromatic rings. The molecule has 1 heterocycles. The van der Waals surface area contributed by atoms with Gasteiger partial charge in [0.2, 0.25) is 5.95 Å². The zero-order chi connectivity index (χ0) is 19.3. The summed E-state index contributed by atoms with van der Waals surface area (Å²) in [6.07, 6.45) is 0. The first kappa shape index (κ1) is 19.1. The highest BCUT2D eigenvalue weighted by Crippen LogP contribution is 2.20. The Morgan fingerprint density at radius 1 is 1.23 bits per heavy atom. The van der Waals surface area contributed by atoms with Crippen molar-refractivity contribution in [2.45, 2.75) is 27.4 Å². The van der Waals surface area contributed by atoms with E-state index >= 15 is 0 Å². The second-order valence-electron chi connectivity index (χ2n) is 5.51. The highest BCUT2D eigenvalue weighted by molar-refractivity contribution is 5.96. The summed E-state index contributed by atoms with van der Waals surface area (Å²) in [5, 5.41) is 10.7. The Morgan fingerprint density at radius 2 is 1.85 bits per heavy atom. The number of benzene rings is 1. The summed E-state index contributed by atoms with van der Waals surface area (Å²) >= 11 is 0. The summed E-state index contributed by atoms with van der Waals surface area (Å²) < 4.78 is 5.64. The van der Waals surface area contributed by atoms with Crippen LogP contribution in [0, 0.1) is 17.0 Å². The maximum atomic E-state index is 12.8.